The van der Waals surface area contributed by atoms with Gasteiger partial charge in [0, 0.05) is 10.6 Å². The van der Waals surface area contributed by atoms with Crippen LogP contribution in [0.5, 0.6) is 0 Å². The average Bonchev–Trinajstić information content (AvgIpc) is 2.42. The van der Waals surface area contributed by atoms with Crippen LogP contribution in [0.15, 0.2) is 41.3 Å². The third kappa shape index (κ3) is 3.35. The Balaban J connectivity index is 2.28. The van der Waals surface area contributed by atoms with Crippen molar-refractivity contribution in [2.45, 2.75) is 18.7 Å². The summed E-state index contributed by atoms with van der Waals surface area (Å²) in [4.78, 5) is 13.3. The van der Waals surface area contributed by atoms with Crippen molar-refractivity contribution in [3.05, 3.63) is 58.1 Å². The van der Waals surface area contributed by atoms with Crippen molar-refractivity contribution in [3.8, 4) is 0 Å². The number of amides is 1. The molecule has 0 aliphatic heterocycles. The lowest BCUT2D eigenvalue weighted by molar-refractivity contribution is 0.102. The molecule has 0 atom stereocenters. The summed E-state index contributed by atoms with van der Waals surface area (Å²) >= 11 is 7.69. The van der Waals surface area contributed by atoms with Gasteiger partial charge in [-0.2, -0.15) is 0 Å². The largest absolute Gasteiger partial charge is 0.322 e. The topological polar surface area (TPSA) is 29.1 Å². The number of thioether (sulfide) groups is 1. The number of carbonyl (C=O) groups excluding carboxylic acids is 1. The van der Waals surface area contributed by atoms with Gasteiger partial charge in [0.1, 0.15) is 0 Å². The Labute approximate surface area is 128 Å². The number of hydrogen-bond donors (Lipinski definition) is 1. The molecule has 0 unspecified atom stereocenters. The van der Waals surface area contributed by atoms with Crippen LogP contribution in [0.1, 0.15) is 21.5 Å². The Hall–Kier alpha value is -1.45. The monoisotopic (exact) mass is 305 g/mol. The van der Waals surface area contributed by atoms with E-state index in [9.17, 15) is 4.79 Å². The van der Waals surface area contributed by atoms with Crippen molar-refractivity contribution >= 4 is 35.0 Å². The van der Waals surface area contributed by atoms with Crippen LogP contribution in [-0.4, -0.2) is 12.2 Å². The molecule has 0 aliphatic carbocycles. The fourth-order valence-corrected chi connectivity index (χ4v) is 2.59. The van der Waals surface area contributed by atoms with E-state index in [0.29, 0.717) is 10.6 Å². The minimum atomic E-state index is -0.183. The van der Waals surface area contributed by atoms with Crippen molar-refractivity contribution in [1.82, 2.24) is 0 Å². The Morgan fingerprint density at radius 1 is 1.15 bits per heavy atom. The third-order valence-electron chi connectivity index (χ3n) is 3.05. The minimum Gasteiger partial charge on any atom is -0.322 e. The quantitative estimate of drug-likeness (QED) is 0.815. The first-order valence-corrected chi connectivity index (χ1v) is 7.83. The Morgan fingerprint density at radius 2 is 1.90 bits per heavy atom. The highest BCUT2D eigenvalue weighted by Gasteiger charge is 2.12. The van der Waals surface area contributed by atoms with Crippen molar-refractivity contribution in [3.63, 3.8) is 0 Å². The molecule has 0 saturated carbocycles. The first kappa shape index (κ1) is 14.9. The van der Waals surface area contributed by atoms with E-state index in [-0.39, 0.29) is 5.91 Å². The second-order valence-electron chi connectivity index (χ2n) is 4.62. The predicted octanol–water partition coefficient (Wildman–Crippen LogP) is 4.93. The van der Waals surface area contributed by atoms with Gasteiger partial charge in [0.05, 0.1) is 10.6 Å². The average molecular weight is 306 g/mol. The summed E-state index contributed by atoms with van der Waals surface area (Å²) in [6, 6.07) is 11.4. The van der Waals surface area contributed by atoms with Crippen LogP contribution >= 0.6 is 23.4 Å². The summed E-state index contributed by atoms with van der Waals surface area (Å²) in [5.41, 5.74) is 3.52. The molecule has 2 nitrogen and oxygen atoms in total. The minimum absolute atomic E-state index is 0.183. The normalized spacial score (nSPS) is 10.4. The molecule has 0 aliphatic rings. The number of hydrogen-bond acceptors (Lipinski definition) is 2. The van der Waals surface area contributed by atoms with Crippen LogP contribution in [-0.2, 0) is 0 Å². The number of carbonyl (C=O) groups is 1. The van der Waals surface area contributed by atoms with Crippen LogP contribution in [0.25, 0.3) is 0 Å². The third-order valence-corrected chi connectivity index (χ3v) is 4.10. The van der Waals surface area contributed by atoms with E-state index in [0.717, 1.165) is 16.1 Å². The van der Waals surface area contributed by atoms with E-state index in [1.165, 1.54) is 5.56 Å². The lowest BCUT2D eigenvalue weighted by atomic mass is 10.1. The molecule has 0 saturated heterocycles. The Kier molecular flexibility index (Phi) is 4.73. The highest BCUT2D eigenvalue weighted by Crippen LogP contribution is 2.24. The molecule has 0 aromatic heterocycles. The molecular weight excluding hydrogens is 290 g/mol. The van der Waals surface area contributed by atoms with Crippen LogP contribution in [0, 0.1) is 13.8 Å². The summed E-state index contributed by atoms with van der Waals surface area (Å²) < 4.78 is 0. The molecule has 0 fully saturated rings. The molecule has 20 heavy (non-hydrogen) atoms. The van der Waals surface area contributed by atoms with Gasteiger partial charge in [0.2, 0.25) is 0 Å². The molecule has 2 aromatic carbocycles. The number of benzene rings is 2. The molecule has 2 aromatic rings. The summed E-state index contributed by atoms with van der Waals surface area (Å²) in [6.07, 6.45) is 1.97. The van der Waals surface area contributed by atoms with E-state index in [2.05, 4.69) is 5.32 Å². The zero-order valence-corrected chi connectivity index (χ0v) is 13.2. The van der Waals surface area contributed by atoms with Gasteiger partial charge in [-0.25, -0.2) is 0 Å². The van der Waals surface area contributed by atoms with Gasteiger partial charge >= 0.3 is 0 Å². The maximum Gasteiger partial charge on any atom is 0.257 e. The van der Waals surface area contributed by atoms with Crippen LogP contribution in [0.2, 0.25) is 5.02 Å². The highest BCUT2D eigenvalue weighted by atomic mass is 35.5. The molecule has 104 valence electrons. The van der Waals surface area contributed by atoms with Crippen molar-refractivity contribution in [2.75, 3.05) is 11.6 Å². The molecule has 1 amide bonds. The smallest absolute Gasteiger partial charge is 0.257 e. The van der Waals surface area contributed by atoms with Crippen molar-refractivity contribution in [2.24, 2.45) is 0 Å². The van der Waals surface area contributed by atoms with E-state index >= 15 is 0 Å². The van der Waals surface area contributed by atoms with Gasteiger partial charge in [0.25, 0.3) is 5.91 Å². The summed E-state index contributed by atoms with van der Waals surface area (Å²) in [5.74, 6) is -0.183. The number of nitrogens with one attached hydrogen (secondary N) is 1. The molecule has 0 bridgehead atoms. The Bertz CT molecular complexity index is 655. The van der Waals surface area contributed by atoms with Crippen molar-refractivity contribution < 1.29 is 4.79 Å². The molecule has 2 rings (SSSR count). The van der Waals surface area contributed by atoms with Gasteiger partial charge < -0.3 is 5.32 Å². The zero-order chi connectivity index (χ0) is 14.7. The summed E-state index contributed by atoms with van der Waals surface area (Å²) in [5, 5.41) is 3.38. The lowest BCUT2D eigenvalue weighted by Gasteiger charge is -2.11. The number of anilines is 1. The van der Waals surface area contributed by atoms with Crippen LogP contribution in [0.3, 0.4) is 0 Å². The molecule has 4 heteroatoms. The van der Waals surface area contributed by atoms with E-state index in [1.807, 2.05) is 50.4 Å². The molecular formula is C16H16ClNOS. The summed E-state index contributed by atoms with van der Waals surface area (Å²) in [6.45, 7) is 4.00. The van der Waals surface area contributed by atoms with Crippen LogP contribution < -0.4 is 5.32 Å². The van der Waals surface area contributed by atoms with Gasteiger partial charge in [-0.05, 0) is 49.9 Å². The number of rotatable bonds is 3. The van der Waals surface area contributed by atoms with Gasteiger partial charge in [-0.3, -0.25) is 4.79 Å². The first-order chi connectivity index (χ1) is 9.51. The fraction of sp³-hybridized carbons (Fsp3) is 0.188. The first-order valence-electron chi connectivity index (χ1n) is 6.23. The highest BCUT2D eigenvalue weighted by molar-refractivity contribution is 7.98. The standard InChI is InChI=1S/C16H16ClNOS/c1-10-4-7-15(11(2)8-10)18-16(19)13-9-12(20-3)5-6-14(13)17/h4-9H,1-3H3,(H,18,19). The molecule has 0 spiro atoms. The van der Waals surface area contributed by atoms with Gasteiger partial charge in [-0.1, -0.05) is 29.3 Å². The van der Waals surface area contributed by atoms with Gasteiger partial charge in [-0.15, -0.1) is 11.8 Å². The molecule has 1 N–H and O–H groups in total. The summed E-state index contributed by atoms with van der Waals surface area (Å²) in [7, 11) is 0. The number of aryl methyl sites for hydroxylation is 2. The van der Waals surface area contributed by atoms with Crippen molar-refractivity contribution in [1.29, 1.82) is 0 Å². The predicted molar refractivity (Wildman–Crippen MR) is 87.1 cm³/mol. The number of halogens is 1. The van der Waals surface area contributed by atoms with E-state index < -0.39 is 0 Å². The SMILES string of the molecule is CSc1ccc(Cl)c(C(=O)Nc2ccc(C)cc2C)c1. The second-order valence-corrected chi connectivity index (χ2v) is 5.91. The second kappa shape index (κ2) is 6.33. The lowest BCUT2D eigenvalue weighted by Crippen LogP contribution is -2.13. The van der Waals surface area contributed by atoms with E-state index in [4.69, 9.17) is 11.6 Å². The molecule has 0 heterocycles. The fourth-order valence-electron chi connectivity index (χ4n) is 1.95. The molecule has 0 radical (unpaired) electrons. The maximum absolute atomic E-state index is 12.3. The Morgan fingerprint density at radius 3 is 2.55 bits per heavy atom. The van der Waals surface area contributed by atoms with E-state index in [1.54, 1.807) is 17.8 Å². The van der Waals surface area contributed by atoms with Crippen LogP contribution in [0.4, 0.5) is 5.69 Å². The van der Waals surface area contributed by atoms with Gasteiger partial charge in [0.15, 0.2) is 0 Å². The zero-order valence-electron chi connectivity index (χ0n) is 11.7. The maximum atomic E-state index is 12.3.